The van der Waals surface area contributed by atoms with E-state index in [0.29, 0.717) is 0 Å². The van der Waals surface area contributed by atoms with Gasteiger partial charge in [0.15, 0.2) is 11.5 Å². The number of hydrogen-bond acceptors (Lipinski definition) is 3. The Balaban J connectivity index is 3.02. The average molecular weight is 350 g/mol. The van der Waals surface area contributed by atoms with Gasteiger partial charge in [0.1, 0.15) is 0 Å². The van der Waals surface area contributed by atoms with Gasteiger partial charge in [0.05, 0.1) is 18.9 Å². The topological polar surface area (TPSA) is 21.7 Å². The number of nitrogens with zero attached hydrogens (tertiary/aromatic N) is 1. The Morgan fingerprint density at radius 2 is 1.28 bits per heavy atom. The third-order valence-corrected chi connectivity index (χ3v) is 4.36. The van der Waals surface area contributed by atoms with Gasteiger partial charge in [-0.2, -0.15) is 0 Å². The molecule has 0 aliphatic rings. The lowest BCUT2D eigenvalue weighted by molar-refractivity contribution is 0.262. The van der Waals surface area contributed by atoms with Gasteiger partial charge in [-0.15, -0.1) is 0 Å². The summed E-state index contributed by atoms with van der Waals surface area (Å²) in [4.78, 5) is 2.49. The Kier molecular flexibility index (Phi) is 12.0. The predicted molar refractivity (Wildman–Crippen MR) is 109 cm³/mol. The Morgan fingerprint density at radius 1 is 0.720 bits per heavy atom. The van der Waals surface area contributed by atoms with E-state index < -0.39 is 0 Å². The summed E-state index contributed by atoms with van der Waals surface area (Å²) < 4.78 is 12.3. The molecule has 1 aromatic rings. The molecule has 0 saturated heterocycles. The fraction of sp³-hybridized carbons (Fsp3) is 0.727. The van der Waals surface area contributed by atoms with E-state index in [1.807, 2.05) is 0 Å². The highest BCUT2D eigenvalue weighted by Gasteiger charge is 2.16. The van der Waals surface area contributed by atoms with Crippen LogP contribution in [-0.4, -0.2) is 26.3 Å². The molecule has 0 aliphatic carbocycles. The second-order valence-corrected chi connectivity index (χ2v) is 6.70. The highest BCUT2D eigenvalue weighted by molar-refractivity contribution is 5.64. The van der Waals surface area contributed by atoms with Gasteiger partial charge in [-0.1, -0.05) is 59.4 Å². The lowest BCUT2D eigenvalue weighted by Gasteiger charge is -2.28. The van der Waals surface area contributed by atoms with E-state index in [4.69, 9.17) is 9.47 Å². The molecule has 0 N–H and O–H groups in total. The molecular formula is C22H39NO2. The van der Waals surface area contributed by atoms with E-state index in [2.05, 4.69) is 50.8 Å². The van der Waals surface area contributed by atoms with Crippen molar-refractivity contribution in [1.29, 1.82) is 0 Å². The van der Waals surface area contributed by atoms with Crippen molar-refractivity contribution in [3.63, 3.8) is 0 Å². The number of unbranched alkanes of at least 4 members (excludes halogenated alkanes) is 4. The summed E-state index contributed by atoms with van der Waals surface area (Å²) in [7, 11) is 0. The second kappa shape index (κ2) is 13.9. The maximum atomic E-state index is 6.21. The van der Waals surface area contributed by atoms with Crippen molar-refractivity contribution >= 4 is 5.69 Å². The first-order chi connectivity index (χ1) is 12.3. The van der Waals surface area contributed by atoms with Gasteiger partial charge in [-0.3, -0.25) is 0 Å². The van der Waals surface area contributed by atoms with Crippen molar-refractivity contribution in [3.8, 4) is 11.5 Å². The number of ether oxygens (including phenoxy) is 2. The molecule has 0 radical (unpaired) electrons. The molecule has 0 heterocycles. The van der Waals surface area contributed by atoms with Crippen molar-refractivity contribution in [3.05, 3.63) is 18.2 Å². The first-order valence-corrected chi connectivity index (χ1v) is 10.4. The smallest absolute Gasteiger partial charge is 0.184 e. The lowest BCUT2D eigenvalue weighted by Crippen LogP contribution is -2.26. The molecule has 0 amide bonds. The second-order valence-electron chi connectivity index (χ2n) is 6.70. The summed E-state index contributed by atoms with van der Waals surface area (Å²) in [6.07, 6.45) is 9.27. The van der Waals surface area contributed by atoms with Crippen LogP contribution in [0.1, 0.15) is 79.1 Å². The zero-order chi connectivity index (χ0) is 18.3. The number of benzene rings is 1. The molecule has 144 valence electrons. The fourth-order valence-corrected chi connectivity index (χ4v) is 2.71. The molecule has 0 aliphatic heterocycles. The Morgan fingerprint density at radius 3 is 1.84 bits per heavy atom. The third kappa shape index (κ3) is 8.02. The standard InChI is InChI=1S/C22H39NO2/c1-5-9-16-23(17-10-6-2)20-14-13-15-21(24-18-11-7-3)22(20)25-19-12-8-4/h13-15H,5-12,16-19H2,1-4H3. The summed E-state index contributed by atoms with van der Waals surface area (Å²) >= 11 is 0. The van der Waals surface area contributed by atoms with Crippen LogP contribution >= 0.6 is 0 Å². The molecule has 0 unspecified atom stereocenters. The molecular weight excluding hydrogens is 310 g/mol. The molecule has 0 aromatic heterocycles. The van der Waals surface area contributed by atoms with Crippen LogP contribution in [0.15, 0.2) is 18.2 Å². The monoisotopic (exact) mass is 349 g/mol. The van der Waals surface area contributed by atoms with Gasteiger partial charge in [0, 0.05) is 13.1 Å². The highest BCUT2D eigenvalue weighted by atomic mass is 16.5. The molecule has 0 bridgehead atoms. The van der Waals surface area contributed by atoms with E-state index in [0.717, 1.165) is 63.5 Å². The Bertz CT molecular complexity index is 440. The minimum Gasteiger partial charge on any atom is -0.490 e. The Labute approximate surface area is 155 Å². The lowest BCUT2D eigenvalue weighted by atomic mass is 10.2. The van der Waals surface area contributed by atoms with Crippen LogP contribution < -0.4 is 14.4 Å². The zero-order valence-electron chi connectivity index (χ0n) is 17.0. The molecule has 0 saturated carbocycles. The molecule has 0 fully saturated rings. The summed E-state index contributed by atoms with van der Waals surface area (Å²) in [5.74, 6) is 1.85. The van der Waals surface area contributed by atoms with Crippen molar-refractivity contribution < 1.29 is 9.47 Å². The van der Waals surface area contributed by atoms with Gasteiger partial charge in [-0.05, 0) is 37.8 Å². The van der Waals surface area contributed by atoms with Crippen LogP contribution in [0.25, 0.3) is 0 Å². The molecule has 0 spiro atoms. The maximum Gasteiger partial charge on any atom is 0.184 e. The summed E-state index contributed by atoms with van der Waals surface area (Å²) in [6.45, 7) is 12.6. The van der Waals surface area contributed by atoms with E-state index >= 15 is 0 Å². The number of anilines is 1. The molecule has 3 heteroatoms. The van der Waals surface area contributed by atoms with E-state index in [1.165, 1.54) is 31.4 Å². The molecule has 25 heavy (non-hydrogen) atoms. The average Bonchev–Trinajstić information content (AvgIpc) is 2.63. The van der Waals surface area contributed by atoms with Gasteiger partial charge >= 0.3 is 0 Å². The maximum absolute atomic E-state index is 6.21. The molecule has 1 rings (SSSR count). The van der Waals surface area contributed by atoms with Gasteiger partial charge in [0.2, 0.25) is 0 Å². The summed E-state index contributed by atoms with van der Waals surface area (Å²) in [5.41, 5.74) is 1.20. The van der Waals surface area contributed by atoms with Crippen molar-refractivity contribution in [1.82, 2.24) is 0 Å². The SMILES string of the molecule is CCCCOc1cccc(N(CCCC)CCCC)c1OCCCC. The van der Waals surface area contributed by atoms with Gasteiger partial charge in [-0.25, -0.2) is 0 Å². The number of hydrogen-bond donors (Lipinski definition) is 0. The minimum atomic E-state index is 0.757. The van der Waals surface area contributed by atoms with E-state index in [-0.39, 0.29) is 0 Å². The normalized spacial score (nSPS) is 10.7. The van der Waals surface area contributed by atoms with Gasteiger partial charge < -0.3 is 14.4 Å². The fourth-order valence-electron chi connectivity index (χ4n) is 2.71. The largest absolute Gasteiger partial charge is 0.490 e. The van der Waals surface area contributed by atoms with Gasteiger partial charge in [0.25, 0.3) is 0 Å². The molecule has 3 nitrogen and oxygen atoms in total. The van der Waals surface area contributed by atoms with Crippen molar-refractivity contribution in [2.45, 2.75) is 79.1 Å². The number of rotatable bonds is 15. The predicted octanol–water partition coefficient (Wildman–Crippen LogP) is 6.45. The summed E-state index contributed by atoms with van der Waals surface area (Å²) in [5, 5.41) is 0. The molecule has 1 aromatic carbocycles. The van der Waals surface area contributed by atoms with Crippen LogP contribution in [-0.2, 0) is 0 Å². The first kappa shape index (κ1) is 21.7. The quantitative estimate of drug-likeness (QED) is 0.340. The van der Waals surface area contributed by atoms with Crippen molar-refractivity contribution in [2.24, 2.45) is 0 Å². The zero-order valence-corrected chi connectivity index (χ0v) is 17.0. The highest BCUT2D eigenvalue weighted by Crippen LogP contribution is 2.38. The van der Waals surface area contributed by atoms with Crippen LogP contribution in [0.2, 0.25) is 0 Å². The molecule has 0 atom stereocenters. The van der Waals surface area contributed by atoms with Crippen LogP contribution in [0, 0.1) is 0 Å². The minimum absolute atomic E-state index is 0.757. The van der Waals surface area contributed by atoms with E-state index in [9.17, 15) is 0 Å². The Hall–Kier alpha value is -1.38. The summed E-state index contributed by atoms with van der Waals surface area (Å²) in [6, 6.07) is 6.35. The third-order valence-electron chi connectivity index (χ3n) is 4.36. The number of para-hydroxylation sites is 1. The van der Waals surface area contributed by atoms with Crippen molar-refractivity contribution in [2.75, 3.05) is 31.2 Å². The van der Waals surface area contributed by atoms with Crippen LogP contribution in [0.5, 0.6) is 11.5 Å². The first-order valence-electron chi connectivity index (χ1n) is 10.4. The van der Waals surface area contributed by atoms with Crippen LogP contribution in [0.4, 0.5) is 5.69 Å². The van der Waals surface area contributed by atoms with E-state index in [1.54, 1.807) is 0 Å². The van der Waals surface area contributed by atoms with Crippen LogP contribution in [0.3, 0.4) is 0 Å².